The smallest absolute Gasteiger partial charge is 0.123 e. The topological polar surface area (TPSA) is 26.0 Å². The van der Waals surface area contributed by atoms with Crippen molar-refractivity contribution < 1.29 is 4.39 Å². The summed E-state index contributed by atoms with van der Waals surface area (Å²) >= 11 is 3.37. The van der Waals surface area contributed by atoms with Crippen LogP contribution in [0.15, 0.2) is 34.8 Å². The number of rotatable bonds is 4. The van der Waals surface area contributed by atoms with Crippen LogP contribution in [-0.2, 0) is 0 Å². The monoisotopic (exact) mass is 271 g/mol. The van der Waals surface area contributed by atoms with E-state index in [1.165, 1.54) is 12.1 Å². The molecule has 0 radical (unpaired) electrons. The summed E-state index contributed by atoms with van der Waals surface area (Å²) in [5.41, 5.74) is 7.86. The van der Waals surface area contributed by atoms with Crippen molar-refractivity contribution in [1.29, 1.82) is 0 Å². The lowest BCUT2D eigenvalue weighted by Crippen LogP contribution is -2.11. The van der Waals surface area contributed by atoms with Gasteiger partial charge in [-0.15, -0.1) is 0 Å². The Morgan fingerprint density at radius 2 is 2.27 bits per heavy atom. The van der Waals surface area contributed by atoms with Gasteiger partial charge in [0, 0.05) is 10.5 Å². The van der Waals surface area contributed by atoms with Gasteiger partial charge in [-0.05, 0) is 36.6 Å². The number of benzene rings is 1. The number of hydrogen-bond donors (Lipinski definition) is 1. The molecular formula is C12H15BrFN. The largest absolute Gasteiger partial charge is 0.324 e. The third-order valence-electron chi connectivity index (χ3n) is 2.37. The summed E-state index contributed by atoms with van der Waals surface area (Å²) in [5, 5.41) is 0. The van der Waals surface area contributed by atoms with E-state index < -0.39 is 0 Å². The third kappa shape index (κ3) is 3.43. The molecule has 0 aliphatic carbocycles. The van der Waals surface area contributed by atoms with Crippen LogP contribution in [0.25, 0.3) is 0 Å². The van der Waals surface area contributed by atoms with Crippen LogP contribution in [-0.4, -0.2) is 0 Å². The van der Waals surface area contributed by atoms with Gasteiger partial charge in [-0.2, -0.15) is 0 Å². The maximum Gasteiger partial charge on any atom is 0.123 e. The average Bonchev–Trinajstić information content (AvgIpc) is 2.21. The first-order chi connectivity index (χ1) is 7.04. The lowest BCUT2D eigenvalue weighted by Gasteiger charge is -2.14. The minimum Gasteiger partial charge on any atom is -0.324 e. The zero-order valence-electron chi connectivity index (χ0n) is 8.76. The molecule has 0 aromatic heterocycles. The first-order valence-corrected chi connectivity index (χ1v) is 5.71. The summed E-state index contributed by atoms with van der Waals surface area (Å²) < 4.78 is 13.9. The van der Waals surface area contributed by atoms with Crippen molar-refractivity contribution in [2.75, 3.05) is 0 Å². The second-order valence-corrected chi connectivity index (χ2v) is 4.43. The van der Waals surface area contributed by atoms with E-state index in [9.17, 15) is 4.39 Å². The summed E-state index contributed by atoms with van der Waals surface area (Å²) in [6, 6.07) is 4.37. The van der Waals surface area contributed by atoms with Crippen molar-refractivity contribution in [2.24, 2.45) is 5.73 Å². The maximum absolute atomic E-state index is 13.0. The molecule has 0 fully saturated rings. The quantitative estimate of drug-likeness (QED) is 0.825. The first-order valence-electron chi connectivity index (χ1n) is 4.91. The Hall–Kier alpha value is -0.670. The maximum atomic E-state index is 13.0. The molecule has 0 bridgehead atoms. The summed E-state index contributed by atoms with van der Waals surface area (Å²) in [4.78, 5) is 0. The SMILES string of the molecule is C=C(CC)CC(N)c1cc(F)ccc1Br. The molecule has 15 heavy (non-hydrogen) atoms. The average molecular weight is 272 g/mol. The van der Waals surface area contributed by atoms with E-state index in [1.54, 1.807) is 6.07 Å². The molecule has 2 N–H and O–H groups in total. The van der Waals surface area contributed by atoms with Crippen LogP contribution >= 0.6 is 15.9 Å². The Morgan fingerprint density at radius 1 is 1.60 bits per heavy atom. The van der Waals surface area contributed by atoms with Gasteiger partial charge < -0.3 is 5.73 Å². The Labute approximate surface area is 98.3 Å². The molecule has 1 aromatic rings. The Balaban J connectivity index is 2.85. The summed E-state index contributed by atoms with van der Waals surface area (Å²) in [5.74, 6) is -0.259. The zero-order chi connectivity index (χ0) is 11.4. The van der Waals surface area contributed by atoms with Crippen molar-refractivity contribution in [3.05, 3.63) is 46.2 Å². The van der Waals surface area contributed by atoms with E-state index in [0.29, 0.717) is 6.42 Å². The fraction of sp³-hybridized carbons (Fsp3) is 0.333. The van der Waals surface area contributed by atoms with Crippen molar-refractivity contribution in [1.82, 2.24) is 0 Å². The van der Waals surface area contributed by atoms with Crippen LogP contribution in [0.2, 0.25) is 0 Å². The van der Waals surface area contributed by atoms with E-state index in [-0.39, 0.29) is 11.9 Å². The number of hydrogen-bond acceptors (Lipinski definition) is 1. The zero-order valence-corrected chi connectivity index (χ0v) is 10.3. The summed E-state index contributed by atoms with van der Waals surface area (Å²) in [6.07, 6.45) is 1.60. The highest BCUT2D eigenvalue weighted by molar-refractivity contribution is 9.10. The highest BCUT2D eigenvalue weighted by atomic mass is 79.9. The minimum atomic E-state index is -0.259. The molecule has 0 amide bonds. The summed E-state index contributed by atoms with van der Waals surface area (Å²) in [7, 11) is 0. The molecule has 0 aliphatic rings. The molecule has 0 saturated carbocycles. The van der Waals surface area contributed by atoms with Crippen molar-refractivity contribution >= 4 is 15.9 Å². The van der Waals surface area contributed by atoms with Gasteiger partial charge in [-0.1, -0.05) is 35.0 Å². The second kappa shape index (κ2) is 5.42. The van der Waals surface area contributed by atoms with Crippen molar-refractivity contribution in [3.8, 4) is 0 Å². The molecule has 1 atom stereocenters. The van der Waals surface area contributed by atoms with Gasteiger partial charge in [0.05, 0.1) is 0 Å². The molecule has 1 aromatic carbocycles. The number of nitrogens with two attached hydrogens (primary N) is 1. The molecule has 1 unspecified atom stereocenters. The predicted octanol–water partition coefficient (Wildman–Crippen LogP) is 3.94. The van der Waals surface area contributed by atoms with Crippen LogP contribution in [0.3, 0.4) is 0 Å². The molecule has 0 spiro atoms. The third-order valence-corrected chi connectivity index (χ3v) is 3.09. The first kappa shape index (κ1) is 12.4. The van der Waals surface area contributed by atoms with E-state index in [1.807, 2.05) is 6.92 Å². The Kier molecular flexibility index (Phi) is 4.48. The van der Waals surface area contributed by atoms with Gasteiger partial charge in [0.25, 0.3) is 0 Å². The second-order valence-electron chi connectivity index (χ2n) is 3.58. The molecule has 0 saturated heterocycles. The van der Waals surface area contributed by atoms with Gasteiger partial charge in [0.2, 0.25) is 0 Å². The summed E-state index contributed by atoms with van der Waals surface area (Å²) in [6.45, 7) is 5.94. The standard InChI is InChI=1S/C12H15BrFN/c1-3-8(2)6-12(15)10-7-9(14)4-5-11(10)13/h4-5,7,12H,2-3,6,15H2,1H3. The molecule has 3 heteroatoms. The normalized spacial score (nSPS) is 12.5. The van der Waals surface area contributed by atoms with E-state index >= 15 is 0 Å². The van der Waals surface area contributed by atoms with E-state index in [4.69, 9.17) is 5.73 Å². The van der Waals surface area contributed by atoms with Crippen LogP contribution < -0.4 is 5.73 Å². The molecule has 1 rings (SSSR count). The predicted molar refractivity (Wildman–Crippen MR) is 65.1 cm³/mol. The van der Waals surface area contributed by atoms with Gasteiger partial charge in [0.1, 0.15) is 5.82 Å². The van der Waals surface area contributed by atoms with Crippen LogP contribution in [0, 0.1) is 5.82 Å². The van der Waals surface area contributed by atoms with Crippen LogP contribution in [0.4, 0.5) is 4.39 Å². The van der Waals surface area contributed by atoms with E-state index in [2.05, 4.69) is 22.5 Å². The van der Waals surface area contributed by atoms with Gasteiger partial charge in [0.15, 0.2) is 0 Å². The molecule has 82 valence electrons. The van der Waals surface area contributed by atoms with Crippen molar-refractivity contribution in [3.63, 3.8) is 0 Å². The van der Waals surface area contributed by atoms with E-state index in [0.717, 1.165) is 22.0 Å². The fourth-order valence-electron chi connectivity index (χ4n) is 1.36. The Bertz CT molecular complexity index is 363. The van der Waals surface area contributed by atoms with Crippen LogP contribution in [0.1, 0.15) is 31.4 Å². The highest BCUT2D eigenvalue weighted by Gasteiger charge is 2.11. The lowest BCUT2D eigenvalue weighted by atomic mass is 9.99. The highest BCUT2D eigenvalue weighted by Crippen LogP contribution is 2.27. The number of halogens is 2. The van der Waals surface area contributed by atoms with Gasteiger partial charge in [-0.3, -0.25) is 0 Å². The molecule has 0 aliphatic heterocycles. The molecule has 1 nitrogen and oxygen atoms in total. The fourth-order valence-corrected chi connectivity index (χ4v) is 1.90. The molecular weight excluding hydrogens is 257 g/mol. The lowest BCUT2D eigenvalue weighted by molar-refractivity contribution is 0.616. The van der Waals surface area contributed by atoms with Gasteiger partial charge in [-0.25, -0.2) is 4.39 Å². The van der Waals surface area contributed by atoms with Gasteiger partial charge >= 0.3 is 0 Å². The minimum absolute atomic E-state index is 0.192. The van der Waals surface area contributed by atoms with Crippen LogP contribution in [0.5, 0.6) is 0 Å². The van der Waals surface area contributed by atoms with Crippen molar-refractivity contribution in [2.45, 2.75) is 25.8 Å². The molecule has 0 heterocycles. The Morgan fingerprint density at radius 3 is 2.87 bits per heavy atom.